The maximum absolute atomic E-state index is 12.2. The highest BCUT2D eigenvalue weighted by molar-refractivity contribution is 5.78. The summed E-state index contributed by atoms with van der Waals surface area (Å²) < 4.78 is 5.73. The number of aromatic nitrogens is 1. The van der Waals surface area contributed by atoms with Crippen LogP contribution >= 0.6 is 0 Å². The highest BCUT2D eigenvalue weighted by Gasteiger charge is 2.44. The minimum atomic E-state index is 0.184. The molecule has 0 bridgehead atoms. The van der Waals surface area contributed by atoms with Gasteiger partial charge in [0.05, 0.1) is 12.6 Å². The fourth-order valence-corrected chi connectivity index (χ4v) is 3.06. The van der Waals surface area contributed by atoms with E-state index in [4.69, 9.17) is 4.74 Å². The minimum Gasteiger partial charge on any atom is -0.476 e. The van der Waals surface area contributed by atoms with Gasteiger partial charge in [0.25, 0.3) is 0 Å². The summed E-state index contributed by atoms with van der Waals surface area (Å²) in [5.74, 6) is 1.19. The number of carbonyl (C=O) groups excluding carboxylic acids is 1. The second kappa shape index (κ2) is 6.60. The molecule has 1 aromatic heterocycles. The highest BCUT2D eigenvalue weighted by atomic mass is 16.5. The molecule has 1 amide bonds. The zero-order chi connectivity index (χ0) is 15.5. The number of nitrogens with zero attached hydrogens (tertiary/aromatic N) is 3. The van der Waals surface area contributed by atoms with Crippen LogP contribution in [0.2, 0.25) is 0 Å². The summed E-state index contributed by atoms with van der Waals surface area (Å²) in [6.45, 7) is 2.53. The summed E-state index contributed by atoms with van der Waals surface area (Å²) in [5, 5.41) is 0. The average Bonchev–Trinajstić information content (AvgIpc) is 3.06. The molecule has 22 heavy (non-hydrogen) atoms. The Morgan fingerprint density at radius 1 is 1.41 bits per heavy atom. The van der Waals surface area contributed by atoms with Gasteiger partial charge in [-0.1, -0.05) is 6.07 Å². The summed E-state index contributed by atoms with van der Waals surface area (Å²) in [6, 6.07) is 6.10. The lowest BCUT2D eigenvalue weighted by Gasteiger charge is -2.22. The molecule has 0 spiro atoms. The molecule has 0 aliphatic carbocycles. The van der Waals surface area contributed by atoms with E-state index in [0.29, 0.717) is 31.0 Å². The minimum absolute atomic E-state index is 0.184. The van der Waals surface area contributed by atoms with Gasteiger partial charge in [0.1, 0.15) is 6.61 Å². The Morgan fingerprint density at radius 3 is 3.00 bits per heavy atom. The Morgan fingerprint density at radius 2 is 2.27 bits per heavy atom. The van der Waals surface area contributed by atoms with Gasteiger partial charge in [0, 0.05) is 37.3 Å². The first-order chi connectivity index (χ1) is 10.6. The number of pyridine rings is 1. The van der Waals surface area contributed by atoms with Crippen molar-refractivity contribution in [1.29, 1.82) is 0 Å². The lowest BCUT2D eigenvalue weighted by Crippen LogP contribution is -2.44. The lowest BCUT2D eigenvalue weighted by atomic mass is 9.98. The van der Waals surface area contributed by atoms with E-state index in [0.717, 1.165) is 13.1 Å². The number of hydrogen-bond donors (Lipinski definition) is 2. The first-order valence-corrected chi connectivity index (χ1v) is 7.61. The third kappa shape index (κ3) is 3.37. The molecule has 3 rings (SSSR count). The second-order valence-corrected chi connectivity index (χ2v) is 6.18. The van der Waals surface area contributed by atoms with E-state index in [1.807, 2.05) is 42.1 Å². The van der Waals surface area contributed by atoms with E-state index < -0.39 is 0 Å². The molecule has 2 saturated heterocycles. The van der Waals surface area contributed by atoms with Gasteiger partial charge in [-0.2, -0.15) is 0 Å². The van der Waals surface area contributed by atoms with Crippen molar-refractivity contribution >= 4 is 5.91 Å². The number of ether oxygens (including phenoxy) is 1. The van der Waals surface area contributed by atoms with Crippen molar-refractivity contribution in [2.45, 2.75) is 12.1 Å². The molecule has 7 nitrogen and oxygen atoms in total. The first kappa shape index (κ1) is 15.2. The van der Waals surface area contributed by atoms with Crippen LogP contribution in [0.5, 0.6) is 5.88 Å². The van der Waals surface area contributed by atoms with Crippen LogP contribution in [0, 0.1) is 5.92 Å². The van der Waals surface area contributed by atoms with Crippen molar-refractivity contribution in [3.05, 3.63) is 24.4 Å². The molecule has 3 heterocycles. The quantitative estimate of drug-likeness (QED) is 0.752. The fraction of sp³-hybridized carbons (Fsp3) is 0.600. The van der Waals surface area contributed by atoms with Crippen molar-refractivity contribution in [2.24, 2.45) is 5.92 Å². The molecule has 120 valence electrons. The molecule has 0 radical (unpaired) electrons. The van der Waals surface area contributed by atoms with Gasteiger partial charge in [-0.25, -0.2) is 4.98 Å². The molecule has 2 N–H and O–H groups in total. The maximum Gasteiger partial charge on any atom is 0.236 e. The number of hydrogen-bond acceptors (Lipinski definition) is 6. The number of hydrazine groups is 1. The normalized spacial score (nSPS) is 27.2. The van der Waals surface area contributed by atoms with Gasteiger partial charge >= 0.3 is 0 Å². The molecular weight excluding hydrogens is 282 g/mol. The predicted octanol–water partition coefficient (Wildman–Crippen LogP) is -0.675. The molecule has 7 heteroatoms. The van der Waals surface area contributed by atoms with E-state index in [9.17, 15) is 4.79 Å². The Labute approximate surface area is 130 Å². The van der Waals surface area contributed by atoms with Crippen LogP contribution < -0.4 is 15.6 Å². The number of nitrogens with one attached hydrogen (secondary N) is 2. The van der Waals surface area contributed by atoms with E-state index >= 15 is 0 Å². The van der Waals surface area contributed by atoms with Crippen molar-refractivity contribution in [3.8, 4) is 5.88 Å². The third-order valence-corrected chi connectivity index (χ3v) is 4.19. The SMILES string of the molecule is CN(C)CC(=O)N1CC2NNC(COc3ccccn3)C2C1. The van der Waals surface area contributed by atoms with Crippen LogP contribution in [0.25, 0.3) is 0 Å². The first-order valence-electron chi connectivity index (χ1n) is 7.61. The summed E-state index contributed by atoms with van der Waals surface area (Å²) in [5.41, 5.74) is 6.56. The molecule has 3 unspecified atom stereocenters. The summed E-state index contributed by atoms with van der Waals surface area (Å²) in [6.07, 6.45) is 1.72. The molecule has 2 fully saturated rings. The zero-order valence-electron chi connectivity index (χ0n) is 13.0. The topological polar surface area (TPSA) is 69.7 Å². The average molecular weight is 305 g/mol. The Kier molecular flexibility index (Phi) is 4.56. The highest BCUT2D eigenvalue weighted by Crippen LogP contribution is 2.24. The molecule has 1 aromatic rings. The van der Waals surface area contributed by atoms with Crippen LogP contribution in [0.3, 0.4) is 0 Å². The van der Waals surface area contributed by atoms with Crippen LogP contribution in [-0.2, 0) is 4.79 Å². The van der Waals surface area contributed by atoms with E-state index in [1.165, 1.54) is 0 Å². The van der Waals surface area contributed by atoms with Crippen molar-refractivity contribution in [1.82, 2.24) is 25.6 Å². The second-order valence-electron chi connectivity index (χ2n) is 6.18. The number of fused-ring (bicyclic) bond motifs is 1. The van der Waals surface area contributed by atoms with Gasteiger partial charge in [0.2, 0.25) is 11.8 Å². The van der Waals surface area contributed by atoms with E-state index in [-0.39, 0.29) is 11.9 Å². The smallest absolute Gasteiger partial charge is 0.236 e. The van der Waals surface area contributed by atoms with Gasteiger partial charge in [0.15, 0.2) is 0 Å². The van der Waals surface area contributed by atoms with Crippen molar-refractivity contribution in [3.63, 3.8) is 0 Å². The largest absolute Gasteiger partial charge is 0.476 e. The van der Waals surface area contributed by atoms with Gasteiger partial charge in [-0.15, -0.1) is 0 Å². The third-order valence-electron chi connectivity index (χ3n) is 4.19. The van der Waals surface area contributed by atoms with Gasteiger partial charge in [-0.3, -0.25) is 15.6 Å². The van der Waals surface area contributed by atoms with Crippen LogP contribution in [0.1, 0.15) is 0 Å². The molecule has 2 aliphatic heterocycles. The number of likely N-dealkylation sites (tertiary alicyclic amines) is 1. The summed E-state index contributed by atoms with van der Waals surface area (Å²) in [7, 11) is 3.83. The molecule has 2 aliphatic rings. The van der Waals surface area contributed by atoms with E-state index in [1.54, 1.807) is 6.20 Å². The Hall–Kier alpha value is -1.70. The lowest BCUT2D eigenvalue weighted by molar-refractivity contribution is -0.131. The van der Waals surface area contributed by atoms with Crippen LogP contribution in [0.4, 0.5) is 0 Å². The number of carbonyl (C=O) groups is 1. The molecule has 0 saturated carbocycles. The maximum atomic E-state index is 12.2. The fourth-order valence-electron chi connectivity index (χ4n) is 3.06. The van der Waals surface area contributed by atoms with Gasteiger partial charge in [-0.05, 0) is 20.2 Å². The monoisotopic (exact) mass is 305 g/mol. The Balaban J connectivity index is 1.53. The van der Waals surface area contributed by atoms with Crippen molar-refractivity contribution < 1.29 is 9.53 Å². The predicted molar refractivity (Wildman–Crippen MR) is 82.2 cm³/mol. The van der Waals surface area contributed by atoms with Gasteiger partial charge < -0.3 is 14.5 Å². The van der Waals surface area contributed by atoms with Crippen molar-refractivity contribution in [2.75, 3.05) is 40.3 Å². The molecule has 0 aromatic carbocycles. The molecular formula is C15H23N5O2. The van der Waals surface area contributed by atoms with E-state index in [2.05, 4.69) is 15.8 Å². The van der Waals surface area contributed by atoms with Crippen LogP contribution in [-0.4, -0.2) is 73.1 Å². The Bertz CT molecular complexity index is 510. The number of rotatable bonds is 5. The standard InChI is InChI=1S/C15H23N5O2/c1-19(2)9-15(21)20-7-11-12(8-20)17-18-13(11)10-22-14-5-3-4-6-16-14/h3-6,11-13,17-18H,7-10H2,1-2H3. The zero-order valence-corrected chi connectivity index (χ0v) is 13.0. The number of amides is 1. The molecule has 3 atom stereocenters. The number of likely N-dealkylation sites (N-methyl/N-ethyl adjacent to an activating group) is 1. The summed E-state index contributed by atoms with van der Waals surface area (Å²) >= 11 is 0. The summed E-state index contributed by atoms with van der Waals surface area (Å²) in [4.78, 5) is 20.2. The van der Waals surface area contributed by atoms with Crippen LogP contribution in [0.15, 0.2) is 24.4 Å².